The van der Waals surface area contributed by atoms with Crippen molar-refractivity contribution in [2.75, 3.05) is 0 Å². The Kier molecular flexibility index (Phi) is 2.73. The lowest BCUT2D eigenvalue weighted by Gasteiger charge is -2.05. The fourth-order valence-electron chi connectivity index (χ4n) is 1.26. The van der Waals surface area contributed by atoms with Crippen LogP contribution in [0.3, 0.4) is 0 Å². The molecule has 1 aromatic rings. The van der Waals surface area contributed by atoms with Crippen LogP contribution in [-0.2, 0) is 16.4 Å². The quantitative estimate of drug-likeness (QED) is 0.778. The van der Waals surface area contributed by atoms with Gasteiger partial charge >= 0.3 is 0 Å². The molecule has 0 heterocycles. The number of hydrogen-bond acceptors (Lipinski definition) is 2. The Morgan fingerprint density at radius 2 is 2.00 bits per heavy atom. The first-order chi connectivity index (χ1) is 5.95. The van der Waals surface area contributed by atoms with Gasteiger partial charge in [0, 0.05) is 0 Å². The summed E-state index contributed by atoms with van der Waals surface area (Å²) in [5.74, 6) is 0. The SMILES string of the molecule is CCc1cc(C)ccc1S(N)(=O)=O. The van der Waals surface area contributed by atoms with E-state index in [0.717, 1.165) is 11.1 Å². The smallest absolute Gasteiger partial charge is 0.225 e. The third kappa shape index (κ3) is 2.29. The molecule has 0 bridgehead atoms. The van der Waals surface area contributed by atoms with E-state index in [1.54, 1.807) is 12.1 Å². The number of benzene rings is 1. The van der Waals surface area contributed by atoms with Crippen LogP contribution in [-0.4, -0.2) is 8.42 Å². The second-order valence-corrected chi connectivity index (χ2v) is 4.54. The van der Waals surface area contributed by atoms with Gasteiger partial charge in [0.1, 0.15) is 0 Å². The molecule has 13 heavy (non-hydrogen) atoms. The lowest BCUT2D eigenvalue weighted by molar-refractivity contribution is 0.596. The van der Waals surface area contributed by atoms with Gasteiger partial charge in [0.15, 0.2) is 0 Å². The summed E-state index contributed by atoms with van der Waals surface area (Å²) in [5, 5.41) is 5.06. The maximum absolute atomic E-state index is 11.1. The van der Waals surface area contributed by atoms with Crippen LogP contribution in [0.25, 0.3) is 0 Å². The van der Waals surface area contributed by atoms with Crippen LogP contribution in [0.2, 0.25) is 0 Å². The topological polar surface area (TPSA) is 60.2 Å². The Balaban J connectivity index is 3.39. The number of nitrogens with two attached hydrogens (primary N) is 1. The summed E-state index contributed by atoms with van der Waals surface area (Å²) in [6.45, 7) is 3.83. The first kappa shape index (κ1) is 10.2. The van der Waals surface area contributed by atoms with Crippen molar-refractivity contribution in [1.29, 1.82) is 0 Å². The van der Waals surface area contributed by atoms with E-state index in [9.17, 15) is 8.42 Å². The zero-order chi connectivity index (χ0) is 10.1. The first-order valence-corrected chi connectivity index (χ1v) is 5.62. The predicted molar refractivity (Wildman–Crippen MR) is 51.9 cm³/mol. The second-order valence-electron chi connectivity index (χ2n) is 3.01. The monoisotopic (exact) mass is 199 g/mol. The summed E-state index contributed by atoms with van der Waals surface area (Å²) in [4.78, 5) is 0.237. The highest BCUT2D eigenvalue weighted by atomic mass is 32.2. The van der Waals surface area contributed by atoms with Gasteiger partial charge in [0.25, 0.3) is 0 Å². The first-order valence-electron chi connectivity index (χ1n) is 4.07. The zero-order valence-electron chi connectivity index (χ0n) is 7.74. The van der Waals surface area contributed by atoms with Crippen molar-refractivity contribution in [1.82, 2.24) is 0 Å². The highest BCUT2D eigenvalue weighted by Crippen LogP contribution is 2.16. The van der Waals surface area contributed by atoms with Crippen molar-refractivity contribution >= 4 is 10.0 Å². The minimum atomic E-state index is -3.56. The van der Waals surface area contributed by atoms with Crippen LogP contribution in [0, 0.1) is 6.92 Å². The van der Waals surface area contributed by atoms with E-state index in [4.69, 9.17) is 5.14 Å². The van der Waals surface area contributed by atoms with Crippen molar-refractivity contribution < 1.29 is 8.42 Å². The summed E-state index contributed by atoms with van der Waals surface area (Å²) >= 11 is 0. The van der Waals surface area contributed by atoms with Gasteiger partial charge in [0.2, 0.25) is 10.0 Å². The Morgan fingerprint density at radius 1 is 1.38 bits per heavy atom. The molecule has 1 rings (SSSR count). The van der Waals surface area contributed by atoms with Crippen LogP contribution in [0.5, 0.6) is 0 Å². The lowest BCUT2D eigenvalue weighted by Crippen LogP contribution is -2.14. The zero-order valence-corrected chi connectivity index (χ0v) is 8.56. The van der Waals surface area contributed by atoms with Crippen LogP contribution >= 0.6 is 0 Å². The van der Waals surface area contributed by atoms with E-state index in [2.05, 4.69) is 0 Å². The van der Waals surface area contributed by atoms with Crippen molar-refractivity contribution in [3.05, 3.63) is 29.3 Å². The van der Waals surface area contributed by atoms with Gasteiger partial charge in [-0.05, 0) is 25.0 Å². The predicted octanol–water partition coefficient (Wildman–Crippen LogP) is 1.20. The third-order valence-electron chi connectivity index (χ3n) is 1.90. The van der Waals surface area contributed by atoms with Crippen molar-refractivity contribution in [2.24, 2.45) is 5.14 Å². The molecule has 1 aromatic carbocycles. The largest absolute Gasteiger partial charge is 0.238 e. The van der Waals surface area contributed by atoms with E-state index in [1.807, 2.05) is 19.9 Å². The van der Waals surface area contributed by atoms with Gasteiger partial charge in [-0.25, -0.2) is 13.6 Å². The molecule has 0 aliphatic rings. The maximum Gasteiger partial charge on any atom is 0.238 e. The van der Waals surface area contributed by atoms with Crippen LogP contribution in [0.4, 0.5) is 0 Å². The number of rotatable bonds is 2. The average molecular weight is 199 g/mol. The molecule has 0 aliphatic carbocycles. The van der Waals surface area contributed by atoms with Crippen LogP contribution < -0.4 is 5.14 Å². The molecule has 2 N–H and O–H groups in total. The molecule has 3 nitrogen and oxygen atoms in total. The highest BCUT2D eigenvalue weighted by Gasteiger charge is 2.11. The number of primary sulfonamides is 1. The Labute approximate surface area is 78.6 Å². The van der Waals surface area contributed by atoms with Crippen molar-refractivity contribution in [3.8, 4) is 0 Å². The molecule has 0 aliphatic heterocycles. The fourth-order valence-corrected chi connectivity index (χ4v) is 2.09. The van der Waals surface area contributed by atoms with Crippen LogP contribution in [0.15, 0.2) is 23.1 Å². The number of hydrogen-bond donors (Lipinski definition) is 1. The Morgan fingerprint density at radius 3 is 2.46 bits per heavy atom. The molecule has 0 spiro atoms. The normalized spacial score (nSPS) is 11.6. The number of aryl methyl sites for hydroxylation is 2. The maximum atomic E-state index is 11.1. The summed E-state index contributed by atoms with van der Waals surface area (Å²) in [5.41, 5.74) is 1.83. The lowest BCUT2D eigenvalue weighted by atomic mass is 10.1. The molecule has 0 radical (unpaired) electrons. The van der Waals surface area contributed by atoms with Gasteiger partial charge in [-0.1, -0.05) is 24.6 Å². The molecule has 0 aromatic heterocycles. The number of sulfonamides is 1. The van der Waals surface area contributed by atoms with E-state index in [1.165, 1.54) is 0 Å². The molecule has 0 fully saturated rings. The minimum Gasteiger partial charge on any atom is -0.225 e. The highest BCUT2D eigenvalue weighted by molar-refractivity contribution is 7.89. The van der Waals surface area contributed by atoms with E-state index < -0.39 is 10.0 Å². The Bertz CT molecular complexity index is 410. The van der Waals surface area contributed by atoms with Crippen molar-refractivity contribution in [2.45, 2.75) is 25.2 Å². The van der Waals surface area contributed by atoms with Gasteiger partial charge < -0.3 is 0 Å². The summed E-state index contributed by atoms with van der Waals surface area (Å²) in [6, 6.07) is 5.15. The fraction of sp³-hybridized carbons (Fsp3) is 0.333. The summed E-state index contributed by atoms with van der Waals surface area (Å²) < 4.78 is 22.2. The van der Waals surface area contributed by atoms with E-state index >= 15 is 0 Å². The summed E-state index contributed by atoms with van der Waals surface area (Å²) in [7, 11) is -3.56. The van der Waals surface area contributed by atoms with Gasteiger partial charge in [-0.3, -0.25) is 0 Å². The van der Waals surface area contributed by atoms with Gasteiger partial charge in [-0.2, -0.15) is 0 Å². The standard InChI is InChI=1S/C9H13NO2S/c1-3-8-6-7(2)4-5-9(8)13(10,11)12/h4-6H,3H2,1-2H3,(H2,10,11,12). The third-order valence-corrected chi connectivity index (χ3v) is 2.91. The molecule has 72 valence electrons. The molecule has 0 unspecified atom stereocenters. The van der Waals surface area contributed by atoms with Crippen molar-refractivity contribution in [3.63, 3.8) is 0 Å². The average Bonchev–Trinajstić information content (AvgIpc) is 2.01. The second kappa shape index (κ2) is 3.47. The van der Waals surface area contributed by atoms with Gasteiger partial charge in [0.05, 0.1) is 4.90 Å². The Hall–Kier alpha value is -0.870. The molecule has 0 amide bonds. The molecule has 0 saturated carbocycles. The molecule has 0 atom stereocenters. The van der Waals surface area contributed by atoms with E-state index in [0.29, 0.717) is 6.42 Å². The molecule has 0 saturated heterocycles. The molecular formula is C9H13NO2S. The van der Waals surface area contributed by atoms with E-state index in [-0.39, 0.29) is 4.90 Å². The molecular weight excluding hydrogens is 186 g/mol. The van der Waals surface area contributed by atoms with Gasteiger partial charge in [-0.15, -0.1) is 0 Å². The molecule has 4 heteroatoms. The summed E-state index contributed by atoms with van der Waals surface area (Å²) in [6.07, 6.45) is 0.674. The minimum absolute atomic E-state index is 0.237. The van der Waals surface area contributed by atoms with Crippen LogP contribution in [0.1, 0.15) is 18.1 Å².